The molecular weight excluding hydrogens is 386 g/mol. The highest BCUT2D eigenvalue weighted by Gasteiger charge is 2.32. The minimum Gasteiger partial charge on any atom is -0.383 e. The molecule has 1 fully saturated rings. The number of anilines is 1. The molecule has 1 aliphatic heterocycles. The van der Waals surface area contributed by atoms with Crippen LogP contribution >= 0.6 is 0 Å². The van der Waals surface area contributed by atoms with E-state index in [0.29, 0.717) is 29.2 Å². The van der Waals surface area contributed by atoms with Crippen LogP contribution in [0.25, 0.3) is 11.0 Å². The average Bonchev–Trinajstić information content (AvgIpc) is 3.29. The number of hydroxylamine groups is 2. The van der Waals surface area contributed by atoms with E-state index in [0.717, 1.165) is 19.3 Å². The monoisotopic (exact) mass is 405 g/mol. The molecule has 1 aliphatic rings. The van der Waals surface area contributed by atoms with Crippen molar-refractivity contribution in [2.45, 2.75) is 44.9 Å². The van der Waals surface area contributed by atoms with Gasteiger partial charge >= 0.3 is 11.7 Å². The number of nitrogens with zero attached hydrogens (tertiary/aromatic N) is 4. The second kappa shape index (κ2) is 9.08. The van der Waals surface area contributed by atoms with Gasteiger partial charge in [-0.2, -0.15) is 0 Å². The molecule has 12 heteroatoms. The van der Waals surface area contributed by atoms with Crippen LogP contribution in [-0.2, 0) is 19.2 Å². The number of amides is 2. The molecule has 1 aromatic heterocycles. The Hall–Kier alpha value is -3.57. The second-order valence-electron chi connectivity index (χ2n) is 6.49. The molecule has 2 aromatic rings. The van der Waals surface area contributed by atoms with Gasteiger partial charge in [0.15, 0.2) is 5.52 Å². The summed E-state index contributed by atoms with van der Waals surface area (Å²) in [5, 5.41) is 21.9. The molecule has 0 aliphatic carbocycles. The van der Waals surface area contributed by atoms with Gasteiger partial charge in [-0.15, -0.1) is 5.06 Å². The van der Waals surface area contributed by atoms with E-state index >= 15 is 0 Å². The zero-order valence-corrected chi connectivity index (χ0v) is 15.5. The standard InChI is InChI=1S/C17H19N5O7/c23-13-8-9-14(24)21(13)28-15(25)5-3-1-2-4-10-18-11-6-7-12(22(26)27)17-16(11)19-29-20-17/h6-7,18H,1-5,8-10H2. The van der Waals surface area contributed by atoms with Crippen molar-refractivity contribution in [3.05, 3.63) is 22.2 Å². The molecule has 0 radical (unpaired) electrons. The van der Waals surface area contributed by atoms with Gasteiger partial charge in [-0.3, -0.25) is 19.7 Å². The fourth-order valence-corrected chi connectivity index (χ4v) is 2.92. The maximum atomic E-state index is 11.7. The van der Waals surface area contributed by atoms with Crippen LogP contribution in [0.5, 0.6) is 0 Å². The maximum absolute atomic E-state index is 11.7. The van der Waals surface area contributed by atoms with Gasteiger partial charge in [-0.1, -0.05) is 12.8 Å². The highest BCUT2D eigenvalue weighted by molar-refractivity contribution is 6.01. The van der Waals surface area contributed by atoms with E-state index in [9.17, 15) is 24.5 Å². The summed E-state index contributed by atoms with van der Waals surface area (Å²) in [6, 6.07) is 2.90. The van der Waals surface area contributed by atoms with Crippen LogP contribution in [0.1, 0.15) is 44.9 Å². The number of fused-ring (bicyclic) bond motifs is 1. The summed E-state index contributed by atoms with van der Waals surface area (Å²) in [6.07, 6.45) is 3.23. The number of carbonyl (C=O) groups is 3. The van der Waals surface area contributed by atoms with Crippen LogP contribution in [0.4, 0.5) is 11.4 Å². The molecule has 2 heterocycles. The normalized spacial score (nSPS) is 13.9. The van der Waals surface area contributed by atoms with Gasteiger partial charge in [0.25, 0.3) is 11.8 Å². The largest absolute Gasteiger partial charge is 0.383 e. The van der Waals surface area contributed by atoms with Crippen molar-refractivity contribution in [1.29, 1.82) is 0 Å². The number of nitro benzene ring substituents is 1. The van der Waals surface area contributed by atoms with Crippen molar-refractivity contribution in [2.75, 3.05) is 11.9 Å². The number of carbonyl (C=O) groups excluding carboxylic acids is 3. The molecule has 12 nitrogen and oxygen atoms in total. The van der Waals surface area contributed by atoms with E-state index in [2.05, 4.69) is 20.3 Å². The van der Waals surface area contributed by atoms with E-state index in [4.69, 9.17) is 4.84 Å². The lowest BCUT2D eigenvalue weighted by Gasteiger charge is -2.12. The van der Waals surface area contributed by atoms with Crippen molar-refractivity contribution < 1.29 is 28.8 Å². The van der Waals surface area contributed by atoms with Gasteiger partial charge in [0.05, 0.1) is 10.6 Å². The van der Waals surface area contributed by atoms with Gasteiger partial charge in [-0.25, -0.2) is 9.42 Å². The molecule has 0 atom stereocenters. The van der Waals surface area contributed by atoms with Crippen molar-refractivity contribution in [3.63, 3.8) is 0 Å². The van der Waals surface area contributed by atoms with E-state index in [1.807, 2.05) is 0 Å². The van der Waals surface area contributed by atoms with Crippen LogP contribution in [-0.4, -0.2) is 44.6 Å². The summed E-state index contributed by atoms with van der Waals surface area (Å²) in [7, 11) is 0. The maximum Gasteiger partial charge on any atom is 0.333 e. The molecular formula is C17H19N5O7. The number of rotatable bonds is 10. The lowest BCUT2D eigenvalue weighted by molar-refractivity contribution is -0.383. The van der Waals surface area contributed by atoms with Crippen molar-refractivity contribution in [2.24, 2.45) is 0 Å². The number of hydrogen-bond donors (Lipinski definition) is 1. The van der Waals surface area contributed by atoms with Gasteiger partial charge in [0, 0.05) is 31.9 Å². The number of non-ortho nitro benzene ring substituents is 1. The molecule has 1 aromatic carbocycles. The third-order valence-corrected chi connectivity index (χ3v) is 4.41. The first kappa shape index (κ1) is 20.2. The molecule has 0 spiro atoms. The van der Waals surface area contributed by atoms with E-state index < -0.39 is 22.7 Å². The fourth-order valence-electron chi connectivity index (χ4n) is 2.92. The highest BCUT2D eigenvalue weighted by Crippen LogP contribution is 2.28. The summed E-state index contributed by atoms with van der Waals surface area (Å²) < 4.78 is 4.61. The zero-order chi connectivity index (χ0) is 20.8. The van der Waals surface area contributed by atoms with Crippen LogP contribution in [0, 0.1) is 10.1 Å². The molecule has 29 heavy (non-hydrogen) atoms. The summed E-state index contributed by atoms with van der Waals surface area (Å²) in [4.78, 5) is 49.7. The Morgan fingerprint density at radius 3 is 2.55 bits per heavy atom. The van der Waals surface area contributed by atoms with E-state index in [1.54, 1.807) is 6.07 Å². The van der Waals surface area contributed by atoms with Gasteiger partial charge in [0.2, 0.25) is 5.52 Å². The lowest BCUT2D eigenvalue weighted by Crippen LogP contribution is -2.31. The van der Waals surface area contributed by atoms with Crippen LogP contribution in [0.3, 0.4) is 0 Å². The number of unbranched alkanes of at least 4 members (excludes halogenated alkanes) is 3. The van der Waals surface area contributed by atoms with E-state index in [-0.39, 0.29) is 30.5 Å². The minimum atomic E-state index is -0.599. The van der Waals surface area contributed by atoms with Crippen molar-refractivity contribution in [3.8, 4) is 0 Å². The molecule has 0 unspecified atom stereocenters. The second-order valence-corrected chi connectivity index (χ2v) is 6.49. The fraction of sp³-hybridized carbons (Fsp3) is 0.471. The highest BCUT2D eigenvalue weighted by atomic mass is 16.7. The predicted molar refractivity (Wildman–Crippen MR) is 97.2 cm³/mol. The Bertz CT molecular complexity index is 925. The molecule has 0 saturated carbocycles. The van der Waals surface area contributed by atoms with Crippen molar-refractivity contribution in [1.82, 2.24) is 15.4 Å². The Balaban J connectivity index is 1.34. The number of nitro groups is 1. The summed E-state index contributed by atoms with van der Waals surface area (Å²) in [6.45, 7) is 0.598. The van der Waals surface area contributed by atoms with Gasteiger partial charge in [-0.05, 0) is 29.2 Å². The third-order valence-electron chi connectivity index (χ3n) is 4.41. The first-order valence-corrected chi connectivity index (χ1v) is 9.17. The predicted octanol–water partition coefficient (Wildman–Crippen LogP) is 2.10. The Labute approximate surface area is 164 Å². The van der Waals surface area contributed by atoms with Crippen LogP contribution in [0.2, 0.25) is 0 Å². The Kier molecular flexibility index (Phi) is 6.32. The number of hydrogen-bond acceptors (Lipinski definition) is 10. The number of aromatic nitrogens is 2. The molecule has 0 bridgehead atoms. The SMILES string of the molecule is O=C(CCCCCCNc1ccc([N+](=O)[O-])c2nonc12)ON1C(=O)CCC1=O. The third kappa shape index (κ3) is 4.83. The van der Waals surface area contributed by atoms with Crippen LogP contribution in [0.15, 0.2) is 16.8 Å². The quantitative estimate of drug-likeness (QED) is 0.268. The van der Waals surface area contributed by atoms with Gasteiger partial charge in [0.1, 0.15) is 0 Å². The molecule has 1 saturated heterocycles. The molecule has 1 N–H and O–H groups in total. The topological polar surface area (TPSA) is 158 Å². The van der Waals surface area contributed by atoms with Crippen molar-refractivity contribution >= 4 is 40.2 Å². The summed E-state index contributed by atoms with van der Waals surface area (Å²) in [5.41, 5.74) is 0.813. The first-order valence-electron chi connectivity index (χ1n) is 9.17. The summed E-state index contributed by atoms with van der Waals surface area (Å²) in [5.74, 6) is -1.58. The zero-order valence-electron chi connectivity index (χ0n) is 15.5. The smallest absolute Gasteiger partial charge is 0.333 e. The lowest BCUT2D eigenvalue weighted by atomic mass is 10.1. The summed E-state index contributed by atoms with van der Waals surface area (Å²) >= 11 is 0. The molecule has 154 valence electrons. The minimum absolute atomic E-state index is 0.0740. The Morgan fingerprint density at radius 1 is 1.14 bits per heavy atom. The average molecular weight is 405 g/mol. The van der Waals surface area contributed by atoms with Gasteiger partial charge < -0.3 is 10.2 Å². The molecule has 2 amide bonds. The molecule has 3 rings (SSSR count). The number of imide groups is 1. The van der Waals surface area contributed by atoms with Crippen LogP contribution < -0.4 is 5.32 Å². The number of benzene rings is 1. The Morgan fingerprint density at radius 2 is 1.83 bits per heavy atom. The first-order chi connectivity index (χ1) is 14.0. The van der Waals surface area contributed by atoms with E-state index in [1.165, 1.54) is 6.07 Å². The number of nitrogens with one attached hydrogen (secondary N) is 1.